The van der Waals surface area contributed by atoms with Crippen molar-refractivity contribution in [2.24, 2.45) is 11.8 Å². The van der Waals surface area contributed by atoms with Crippen molar-refractivity contribution in [3.8, 4) is 17.2 Å². The van der Waals surface area contributed by atoms with E-state index in [1.165, 1.54) is 48.0 Å². The van der Waals surface area contributed by atoms with Crippen LogP contribution >= 0.6 is 0 Å². The van der Waals surface area contributed by atoms with Gasteiger partial charge in [0.2, 0.25) is 6.29 Å². The molecular formula is C59H86O26. The van der Waals surface area contributed by atoms with Gasteiger partial charge in [0.15, 0.2) is 48.9 Å². The Morgan fingerprint density at radius 1 is 0.694 bits per heavy atom. The molecule has 478 valence electrons. The molecule has 5 saturated heterocycles. The van der Waals surface area contributed by atoms with E-state index in [9.17, 15) is 55.2 Å². The summed E-state index contributed by atoms with van der Waals surface area (Å²) in [5.41, 5.74) is -1.47. The predicted octanol–water partition coefficient (Wildman–Crippen LogP) is 2.18. The minimum Gasteiger partial charge on any atom is -0.507 e. The third-order valence-electron chi connectivity index (χ3n) is 17.1. The molecule has 26 nitrogen and oxygen atoms in total. The van der Waals surface area contributed by atoms with E-state index in [2.05, 4.69) is 0 Å². The topological polar surface area (TPSA) is 359 Å². The molecule has 5 fully saturated rings. The first kappa shape index (κ1) is 66.6. The molecule has 0 spiro atoms. The molecule has 25 atom stereocenters. The second kappa shape index (κ2) is 27.2. The van der Waals surface area contributed by atoms with Crippen molar-refractivity contribution in [2.45, 2.75) is 262 Å². The number of aliphatic hydroxyl groups is 6. The van der Waals surface area contributed by atoms with E-state index in [0.717, 1.165) is 0 Å². The normalized spacial score (nSPS) is 39.2. The molecule has 0 saturated carbocycles. The van der Waals surface area contributed by atoms with Crippen molar-refractivity contribution >= 4 is 34.3 Å². The van der Waals surface area contributed by atoms with Crippen LogP contribution in [-0.2, 0) is 82.4 Å². The molecule has 0 radical (unpaired) electrons. The zero-order valence-electron chi connectivity index (χ0n) is 50.3. The number of ketones is 2. The van der Waals surface area contributed by atoms with Crippen LogP contribution in [0.25, 0.3) is 10.8 Å². The van der Waals surface area contributed by atoms with Crippen molar-refractivity contribution < 1.29 is 126 Å². The molecule has 1 aliphatic carbocycles. The highest BCUT2D eigenvalue weighted by atomic mass is 16.7. The van der Waals surface area contributed by atoms with E-state index in [4.69, 9.17) is 66.3 Å². The van der Waals surface area contributed by atoms with E-state index in [1.807, 2.05) is 0 Å². The first-order chi connectivity index (χ1) is 39.9. The lowest BCUT2D eigenvalue weighted by Gasteiger charge is -2.47. The summed E-state index contributed by atoms with van der Waals surface area (Å²) in [5, 5.41) is 90.5. The third-order valence-corrected chi connectivity index (χ3v) is 17.1. The molecule has 0 aromatic heterocycles. The molecule has 2 aromatic carbocycles. The quantitative estimate of drug-likeness (QED) is 0.0935. The Morgan fingerprint density at radius 2 is 1.24 bits per heavy atom. The number of phenolic OH excluding ortho intramolecular Hbond substituents is 2. The molecule has 5 heterocycles. The van der Waals surface area contributed by atoms with E-state index in [-0.39, 0.29) is 71.7 Å². The maximum absolute atomic E-state index is 15.2. The number of carbonyl (C=O) groups is 4. The van der Waals surface area contributed by atoms with Crippen LogP contribution < -0.4 is 4.74 Å². The number of aromatic hydroxyl groups is 2. The van der Waals surface area contributed by atoms with Crippen molar-refractivity contribution in [3.05, 3.63) is 28.8 Å². The van der Waals surface area contributed by atoms with Crippen molar-refractivity contribution in [1.29, 1.82) is 0 Å². The van der Waals surface area contributed by atoms with Crippen LogP contribution in [0.3, 0.4) is 0 Å². The third kappa shape index (κ3) is 14.4. The Hall–Kier alpha value is -4.30. The zero-order valence-corrected chi connectivity index (χ0v) is 50.3. The average Bonchev–Trinajstić information content (AvgIpc) is 0.937. The van der Waals surface area contributed by atoms with Gasteiger partial charge in [0, 0.05) is 64.7 Å². The van der Waals surface area contributed by atoms with Crippen LogP contribution in [-0.4, -0.2) is 225 Å². The van der Waals surface area contributed by atoms with Crippen LogP contribution in [0.4, 0.5) is 0 Å². The number of esters is 2. The van der Waals surface area contributed by atoms with Crippen molar-refractivity contribution in [3.63, 3.8) is 0 Å². The Labute approximate surface area is 493 Å². The summed E-state index contributed by atoms with van der Waals surface area (Å²) in [6.45, 7) is 17.0. The predicted molar refractivity (Wildman–Crippen MR) is 292 cm³/mol. The summed E-state index contributed by atoms with van der Waals surface area (Å²) in [6.07, 6.45) is -25.7. The monoisotopic (exact) mass is 1210 g/mol. The van der Waals surface area contributed by atoms with Gasteiger partial charge in [0.05, 0.1) is 77.9 Å². The van der Waals surface area contributed by atoms with E-state index >= 15 is 4.79 Å². The molecule has 85 heavy (non-hydrogen) atoms. The number of phenols is 2. The summed E-state index contributed by atoms with van der Waals surface area (Å²) in [6, 6.07) is 3.08. The first-order valence-electron chi connectivity index (χ1n) is 29.1. The molecule has 2 aromatic rings. The number of fused-ring (bicyclic) bond motifs is 2. The molecule has 8 N–H and O–H groups in total. The lowest BCUT2D eigenvalue weighted by atomic mass is 9.75. The van der Waals surface area contributed by atoms with E-state index in [1.54, 1.807) is 54.5 Å². The van der Waals surface area contributed by atoms with Crippen LogP contribution in [0.2, 0.25) is 0 Å². The van der Waals surface area contributed by atoms with Crippen LogP contribution in [0, 0.1) is 18.8 Å². The fraction of sp³-hybridized carbons (Fsp3) is 0.763. The number of Topliss-reactive ketones (excluding diaryl/α,β-unsaturated/α-hetero) is 2. The lowest BCUT2D eigenvalue weighted by Crippen LogP contribution is -2.59. The minimum absolute atomic E-state index is 0.0133. The molecule has 26 heteroatoms. The number of hydrogen-bond acceptors (Lipinski definition) is 26. The molecule has 8 rings (SSSR count). The van der Waals surface area contributed by atoms with Gasteiger partial charge in [-0.2, -0.15) is 0 Å². The highest BCUT2D eigenvalue weighted by Gasteiger charge is 2.53. The lowest BCUT2D eigenvalue weighted by molar-refractivity contribution is -0.334. The maximum atomic E-state index is 15.2. The Morgan fingerprint density at radius 3 is 1.80 bits per heavy atom. The van der Waals surface area contributed by atoms with Gasteiger partial charge < -0.3 is 107 Å². The van der Waals surface area contributed by atoms with Crippen LogP contribution in [0.5, 0.6) is 17.2 Å². The number of methoxy groups -OCH3 is 2. The van der Waals surface area contributed by atoms with E-state index in [0.29, 0.717) is 0 Å². The number of ether oxygens (including phenoxy) is 14. The van der Waals surface area contributed by atoms with Gasteiger partial charge in [0.25, 0.3) is 0 Å². The standard InChI is InChI=1S/C59H86O26/c1-22(2)58(70)85-57-29(9)78-43(21-59(57,11)71)82-37-18-40(74-25(5)49(37)66)81-36-19-42(75-26(6)48(36)65)84-56-33(55(73-13)52(69)47(64)24(4)60)15-31-14-32-16-35(23(3)46(63)44(32)50(67)45(31)51(56)68)80-41-20-38(54(72-12)28(8)77-41)83-39-17-34(62)53(27(7)76-39)79-30(10)61/h14,16,22,24-29,33-34,36-43,47-49,53-57,60,62-67,71H,15,17-21H2,1-13H3. The Bertz CT molecular complexity index is 2670. The maximum Gasteiger partial charge on any atom is 0.308 e. The second-order valence-corrected chi connectivity index (χ2v) is 24.1. The van der Waals surface area contributed by atoms with Crippen molar-refractivity contribution in [2.75, 3.05) is 14.2 Å². The molecule has 0 amide bonds. The van der Waals surface area contributed by atoms with Gasteiger partial charge >= 0.3 is 11.9 Å². The first-order valence-corrected chi connectivity index (χ1v) is 29.1. The van der Waals surface area contributed by atoms with Gasteiger partial charge in [-0.25, -0.2) is 0 Å². The van der Waals surface area contributed by atoms with Gasteiger partial charge in [-0.3, -0.25) is 19.2 Å². The zero-order chi connectivity index (χ0) is 62.4. The fourth-order valence-corrected chi connectivity index (χ4v) is 12.5. The van der Waals surface area contributed by atoms with Crippen molar-refractivity contribution in [1.82, 2.24) is 0 Å². The minimum atomic E-state index is -1.96. The largest absolute Gasteiger partial charge is 0.507 e. The molecule has 6 aliphatic rings. The summed E-state index contributed by atoms with van der Waals surface area (Å²) in [5.74, 6) is -5.56. The number of benzene rings is 2. The SMILES string of the molecule is COC(C(=O)C(O)C(C)O)C1Cc2cc3cc(OC4CC(OC5CC(O)C(OC(C)=O)C(C)O5)C(OC)C(C)O4)c(C)c(O)c3c(O)c2C(=O)C1OC1CC(OC2CC(OC3CC(C)(O)C(OC(=O)C(C)C)C(C)O3)C(O)C(C)O2)C(O)C(C)O1. The van der Waals surface area contributed by atoms with Crippen LogP contribution in [0.1, 0.15) is 123 Å². The van der Waals surface area contributed by atoms with Crippen LogP contribution in [0.15, 0.2) is 12.1 Å². The average molecular weight is 1210 g/mol. The number of hydrogen-bond donors (Lipinski definition) is 8. The van der Waals surface area contributed by atoms with Gasteiger partial charge in [-0.15, -0.1) is 0 Å². The number of rotatable bonds is 19. The summed E-state index contributed by atoms with van der Waals surface area (Å²) < 4.78 is 84.8. The fourth-order valence-electron chi connectivity index (χ4n) is 12.5. The van der Waals surface area contributed by atoms with Gasteiger partial charge in [0.1, 0.15) is 59.5 Å². The van der Waals surface area contributed by atoms with Gasteiger partial charge in [-0.1, -0.05) is 13.8 Å². The van der Waals surface area contributed by atoms with Gasteiger partial charge in [-0.05, 0) is 84.9 Å². The highest BCUT2D eigenvalue weighted by Crippen LogP contribution is 2.48. The van der Waals surface area contributed by atoms with E-state index < -0.39 is 194 Å². The molecule has 0 bridgehead atoms. The molecule has 5 aliphatic heterocycles. The summed E-state index contributed by atoms with van der Waals surface area (Å²) in [4.78, 5) is 53.3. The Kier molecular flexibility index (Phi) is 21.3. The number of aliphatic hydroxyl groups excluding tert-OH is 5. The molecule has 25 unspecified atom stereocenters. The highest BCUT2D eigenvalue weighted by molar-refractivity contribution is 6.11. The number of carbonyl (C=O) groups excluding carboxylic acids is 4. The Balaban J connectivity index is 1.02. The second-order valence-electron chi connectivity index (χ2n) is 24.1. The summed E-state index contributed by atoms with van der Waals surface area (Å²) in [7, 11) is 2.68. The smallest absolute Gasteiger partial charge is 0.308 e. The summed E-state index contributed by atoms with van der Waals surface area (Å²) >= 11 is 0. The molecular weight excluding hydrogens is 1120 g/mol.